The Morgan fingerprint density at radius 3 is 2.26 bits per heavy atom. The fourth-order valence-electron chi connectivity index (χ4n) is 1.39. The molecule has 0 spiro atoms. The minimum atomic E-state index is -0.288. The monoisotopic (exact) mass is 251 g/mol. The lowest BCUT2D eigenvalue weighted by atomic mass is 9.86. The first-order valence-electron chi connectivity index (χ1n) is 5.61. The van der Waals surface area contributed by atoms with Crippen LogP contribution in [0.1, 0.15) is 31.9 Å². The van der Waals surface area contributed by atoms with Gasteiger partial charge in [0.1, 0.15) is 18.2 Å². The summed E-state index contributed by atoms with van der Waals surface area (Å²) in [6.07, 6.45) is 0. The standard InChI is InChI=1S/C14H13N5/c1-14(2,3)11-4-5-13(10(6-11)7-15)19-18-12(8-16)9-17/h4-6,19H,1-3H3. The number of nitrogens with one attached hydrogen (secondary N) is 1. The van der Waals surface area contributed by atoms with Gasteiger partial charge in [-0.1, -0.05) is 26.8 Å². The van der Waals surface area contributed by atoms with Crippen LogP contribution in [0, 0.1) is 34.0 Å². The fraction of sp³-hybridized carbons (Fsp3) is 0.286. The predicted octanol–water partition coefficient (Wildman–Crippen LogP) is 2.67. The minimum Gasteiger partial charge on any atom is -0.275 e. The SMILES string of the molecule is CC(C)(C)c1ccc(NN=C(C#N)C#N)c(C#N)c1. The Hall–Kier alpha value is -2.84. The molecule has 0 heterocycles. The average molecular weight is 251 g/mol. The van der Waals surface area contributed by atoms with Gasteiger partial charge < -0.3 is 0 Å². The van der Waals surface area contributed by atoms with Crippen LogP contribution in [0.5, 0.6) is 0 Å². The summed E-state index contributed by atoms with van der Waals surface area (Å²) >= 11 is 0. The van der Waals surface area contributed by atoms with Gasteiger partial charge in [0.2, 0.25) is 5.71 Å². The van der Waals surface area contributed by atoms with E-state index < -0.39 is 0 Å². The van der Waals surface area contributed by atoms with E-state index in [0.29, 0.717) is 11.3 Å². The second kappa shape index (κ2) is 5.67. The van der Waals surface area contributed by atoms with Crippen molar-refractivity contribution in [2.75, 3.05) is 5.43 Å². The third-order valence-electron chi connectivity index (χ3n) is 2.51. The van der Waals surface area contributed by atoms with Gasteiger partial charge in [-0.25, -0.2) is 0 Å². The van der Waals surface area contributed by atoms with E-state index in [9.17, 15) is 0 Å². The van der Waals surface area contributed by atoms with Gasteiger partial charge in [-0.2, -0.15) is 20.9 Å². The van der Waals surface area contributed by atoms with Crippen molar-refractivity contribution < 1.29 is 0 Å². The number of hydrogen-bond acceptors (Lipinski definition) is 5. The topological polar surface area (TPSA) is 95.8 Å². The Bertz CT molecular complexity index is 614. The van der Waals surface area contributed by atoms with Crippen molar-refractivity contribution in [1.82, 2.24) is 0 Å². The first kappa shape index (κ1) is 14.2. The van der Waals surface area contributed by atoms with Crippen LogP contribution in [0.15, 0.2) is 23.3 Å². The van der Waals surface area contributed by atoms with Crippen molar-refractivity contribution in [2.45, 2.75) is 26.2 Å². The van der Waals surface area contributed by atoms with Gasteiger partial charge in [0.05, 0.1) is 11.3 Å². The maximum Gasteiger partial charge on any atom is 0.237 e. The quantitative estimate of drug-likeness (QED) is 0.645. The summed E-state index contributed by atoms with van der Waals surface area (Å²) in [5.74, 6) is 0. The van der Waals surface area contributed by atoms with Crippen molar-refractivity contribution in [3.63, 3.8) is 0 Å². The Labute approximate surface area is 112 Å². The molecule has 0 radical (unpaired) electrons. The summed E-state index contributed by atoms with van der Waals surface area (Å²) in [5.41, 5.74) is 4.14. The molecule has 19 heavy (non-hydrogen) atoms. The van der Waals surface area contributed by atoms with E-state index in [-0.39, 0.29) is 11.1 Å². The lowest BCUT2D eigenvalue weighted by Gasteiger charge is -2.19. The molecule has 0 bridgehead atoms. The first-order valence-corrected chi connectivity index (χ1v) is 5.61. The number of nitrogens with zero attached hydrogens (tertiary/aromatic N) is 4. The molecule has 5 nitrogen and oxygen atoms in total. The van der Waals surface area contributed by atoms with Crippen LogP contribution in [0.4, 0.5) is 5.69 Å². The molecule has 0 aliphatic heterocycles. The first-order chi connectivity index (χ1) is 8.92. The van der Waals surface area contributed by atoms with E-state index in [2.05, 4.69) is 37.4 Å². The smallest absolute Gasteiger partial charge is 0.237 e. The van der Waals surface area contributed by atoms with Crippen LogP contribution in [0.25, 0.3) is 0 Å². The van der Waals surface area contributed by atoms with Crippen molar-refractivity contribution in [3.8, 4) is 18.2 Å². The van der Waals surface area contributed by atoms with E-state index in [1.54, 1.807) is 24.3 Å². The molecule has 0 aliphatic carbocycles. The number of nitriles is 3. The molecule has 0 atom stereocenters. The number of benzene rings is 1. The van der Waals surface area contributed by atoms with E-state index in [0.717, 1.165) is 5.56 Å². The molecule has 0 unspecified atom stereocenters. The molecule has 0 aromatic heterocycles. The summed E-state index contributed by atoms with van der Waals surface area (Å²) < 4.78 is 0. The van der Waals surface area contributed by atoms with Gasteiger partial charge in [-0.05, 0) is 23.1 Å². The predicted molar refractivity (Wildman–Crippen MR) is 72.1 cm³/mol. The Kier molecular flexibility index (Phi) is 4.24. The number of hydrazone groups is 1. The van der Waals surface area contributed by atoms with Crippen molar-refractivity contribution in [3.05, 3.63) is 29.3 Å². The summed E-state index contributed by atoms with van der Waals surface area (Å²) in [6, 6.07) is 10.7. The molecule has 0 saturated heterocycles. The zero-order valence-electron chi connectivity index (χ0n) is 11.0. The van der Waals surface area contributed by atoms with Gasteiger partial charge in [0.15, 0.2) is 0 Å². The van der Waals surface area contributed by atoms with E-state index in [1.165, 1.54) is 0 Å². The zero-order valence-corrected chi connectivity index (χ0v) is 11.0. The highest BCUT2D eigenvalue weighted by atomic mass is 15.3. The molecule has 0 aliphatic rings. The Balaban J connectivity index is 3.13. The summed E-state index contributed by atoms with van der Waals surface area (Å²) in [7, 11) is 0. The second-order valence-electron chi connectivity index (χ2n) is 4.92. The summed E-state index contributed by atoms with van der Waals surface area (Å²) in [6.45, 7) is 6.16. The highest BCUT2D eigenvalue weighted by Crippen LogP contribution is 2.26. The summed E-state index contributed by atoms with van der Waals surface area (Å²) in [5, 5.41) is 29.9. The van der Waals surface area contributed by atoms with Crippen LogP contribution in [0.3, 0.4) is 0 Å². The Morgan fingerprint density at radius 2 is 1.79 bits per heavy atom. The van der Waals surface area contributed by atoms with E-state index in [4.69, 9.17) is 15.8 Å². The van der Waals surface area contributed by atoms with Crippen LogP contribution in [-0.2, 0) is 5.41 Å². The maximum absolute atomic E-state index is 9.12. The molecule has 1 aromatic rings. The summed E-state index contributed by atoms with van der Waals surface area (Å²) in [4.78, 5) is 0. The molecule has 1 rings (SSSR count). The van der Waals surface area contributed by atoms with Crippen molar-refractivity contribution in [2.24, 2.45) is 5.10 Å². The lowest BCUT2D eigenvalue weighted by Crippen LogP contribution is -2.11. The number of rotatable bonds is 2. The third kappa shape index (κ3) is 3.56. The molecule has 1 aromatic carbocycles. The molecular weight excluding hydrogens is 238 g/mol. The van der Waals surface area contributed by atoms with Gasteiger partial charge in [-0.15, -0.1) is 0 Å². The molecule has 5 heteroatoms. The molecule has 0 amide bonds. The average Bonchev–Trinajstić information content (AvgIpc) is 2.38. The van der Waals surface area contributed by atoms with E-state index >= 15 is 0 Å². The van der Waals surface area contributed by atoms with Gasteiger partial charge in [0.25, 0.3) is 0 Å². The van der Waals surface area contributed by atoms with Gasteiger partial charge in [-0.3, -0.25) is 5.43 Å². The molecular formula is C14H13N5. The van der Waals surface area contributed by atoms with Crippen LogP contribution in [0.2, 0.25) is 0 Å². The van der Waals surface area contributed by atoms with Gasteiger partial charge in [0, 0.05) is 0 Å². The second-order valence-corrected chi connectivity index (χ2v) is 4.92. The van der Waals surface area contributed by atoms with E-state index in [1.807, 2.05) is 6.07 Å². The third-order valence-corrected chi connectivity index (χ3v) is 2.51. The highest BCUT2D eigenvalue weighted by molar-refractivity contribution is 6.10. The van der Waals surface area contributed by atoms with Crippen LogP contribution < -0.4 is 5.43 Å². The molecule has 1 N–H and O–H groups in total. The highest BCUT2D eigenvalue weighted by Gasteiger charge is 2.15. The van der Waals surface area contributed by atoms with Crippen LogP contribution in [-0.4, -0.2) is 5.71 Å². The molecule has 0 saturated carbocycles. The normalized spacial score (nSPS) is 9.68. The fourth-order valence-corrected chi connectivity index (χ4v) is 1.39. The van der Waals surface area contributed by atoms with Crippen molar-refractivity contribution in [1.29, 1.82) is 15.8 Å². The molecule has 94 valence electrons. The van der Waals surface area contributed by atoms with Crippen LogP contribution >= 0.6 is 0 Å². The molecule has 0 fully saturated rings. The zero-order chi connectivity index (χ0) is 14.5. The minimum absolute atomic E-state index is 0.0577. The maximum atomic E-state index is 9.12. The Morgan fingerprint density at radius 1 is 1.16 bits per heavy atom. The lowest BCUT2D eigenvalue weighted by molar-refractivity contribution is 0.590. The van der Waals surface area contributed by atoms with Gasteiger partial charge >= 0.3 is 0 Å². The number of anilines is 1. The van der Waals surface area contributed by atoms with Crippen molar-refractivity contribution >= 4 is 11.4 Å². The number of hydrogen-bond donors (Lipinski definition) is 1. The largest absolute Gasteiger partial charge is 0.275 e.